The lowest BCUT2D eigenvalue weighted by Crippen LogP contribution is -2.40. The van der Waals surface area contributed by atoms with Crippen molar-refractivity contribution in [2.24, 2.45) is 5.92 Å². The van der Waals surface area contributed by atoms with Gasteiger partial charge in [0, 0.05) is 35.7 Å². The van der Waals surface area contributed by atoms with Gasteiger partial charge in [-0.05, 0) is 50.6 Å². The molecule has 0 atom stereocenters. The molecule has 124 valence electrons. The Labute approximate surface area is 141 Å². The topological polar surface area (TPSA) is 61.4 Å². The van der Waals surface area contributed by atoms with Crippen LogP contribution in [-0.4, -0.2) is 49.1 Å². The van der Waals surface area contributed by atoms with Gasteiger partial charge in [0.05, 0.1) is 5.69 Å². The summed E-state index contributed by atoms with van der Waals surface area (Å²) in [5.74, 6) is 1.53. The van der Waals surface area contributed by atoms with Gasteiger partial charge < -0.3 is 15.5 Å². The molecule has 6 heteroatoms. The first kappa shape index (κ1) is 16.3. The molecule has 5 nitrogen and oxygen atoms in total. The van der Waals surface area contributed by atoms with Gasteiger partial charge >= 0.3 is 0 Å². The molecule has 2 heterocycles. The maximum atomic E-state index is 12.7. The highest BCUT2D eigenvalue weighted by atomic mass is 32.2. The molecule has 1 aromatic carbocycles. The zero-order chi connectivity index (χ0) is 16.2. The van der Waals surface area contributed by atoms with Crippen LogP contribution in [0.1, 0.15) is 29.6 Å². The highest BCUT2D eigenvalue weighted by Crippen LogP contribution is 2.32. The number of hydrogen-bond donors (Lipinski definition) is 2. The summed E-state index contributed by atoms with van der Waals surface area (Å²) in [4.78, 5) is 27.4. The summed E-state index contributed by atoms with van der Waals surface area (Å²) in [5.41, 5.74) is 1.44. The van der Waals surface area contributed by atoms with Gasteiger partial charge in [0.25, 0.3) is 5.91 Å². The van der Waals surface area contributed by atoms with Crippen LogP contribution in [-0.2, 0) is 4.79 Å². The molecule has 2 aliphatic heterocycles. The number of carbonyl (C=O) groups is 2. The van der Waals surface area contributed by atoms with Gasteiger partial charge in [-0.1, -0.05) is 0 Å². The van der Waals surface area contributed by atoms with E-state index in [1.807, 2.05) is 30.1 Å². The van der Waals surface area contributed by atoms with Gasteiger partial charge in [0.1, 0.15) is 0 Å². The first-order valence-corrected chi connectivity index (χ1v) is 9.16. The van der Waals surface area contributed by atoms with Crippen LogP contribution in [0.4, 0.5) is 5.69 Å². The van der Waals surface area contributed by atoms with E-state index in [9.17, 15) is 9.59 Å². The number of likely N-dealkylation sites (tertiary alicyclic amines) is 1. The van der Waals surface area contributed by atoms with E-state index in [-0.39, 0.29) is 11.8 Å². The second kappa shape index (κ2) is 7.36. The van der Waals surface area contributed by atoms with E-state index in [1.165, 1.54) is 0 Å². The molecule has 0 saturated carbocycles. The molecule has 1 saturated heterocycles. The minimum Gasteiger partial charge on any atom is -0.339 e. The van der Waals surface area contributed by atoms with Crippen LogP contribution in [0.15, 0.2) is 23.1 Å². The Morgan fingerprint density at radius 3 is 2.91 bits per heavy atom. The number of anilines is 1. The van der Waals surface area contributed by atoms with Crippen LogP contribution in [0, 0.1) is 5.92 Å². The summed E-state index contributed by atoms with van der Waals surface area (Å²) in [6.07, 6.45) is 2.61. The first-order chi connectivity index (χ1) is 11.2. The van der Waals surface area contributed by atoms with Gasteiger partial charge in [0.2, 0.25) is 5.91 Å². The average Bonchev–Trinajstić information content (AvgIpc) is 2.75. The van der Waals surface area contributed by atoms with E-state index < -0.39 is 0 Å². The van der Waals surface area contributed by atoms with Crippen molar-refractivity contribution in [1.82, 2.24) is 10.2 Å². The fourth-order valence-electron chi connectivity index (χ4n) is 3.16. The minimum absolute atomic E-state index is 0.0220. The quantitative estimate of drug-likeness (QED) is 0.890. The van der Waals surface area contributed by atoms with Gasteiger partial charge in [-0.3, -0.25) is 9.59 Å². The summed E-state index contributed by atoms with van der Waals surface area (Å²) < 4.78 is 0. The molecule has 0 spiro atoms. The van der Waals surface area contributed by atoms with Crippen LogP contribution >= 0.6 is 11.8 Å². The van der Waals surface area contributed by atoms with Crippen molar-refractivity contribution in [2.75, 3.05) is 37.8 Å². The van der Waals surface area contributed by atoms with E-state index in [1.54, 1.807) is 11.8 Å². The number of benzene rings is 1. The minimum atomic E-state index is 0.0220. The molecular formula is C17H23N3O2S. The number of carbonyl (C=O) groups excluding carboxylic acids is 2. The monoisotopic (exact) mass is 333 g/mol. The third-order valence-corrected chi connectivity index (χ3v) is 5.56. The molecule has 2 amide bonds. The zero-order valence-corrected chi connectivity index (χ0v) is 14.2. The second-order valence-corrected chi connectivity index (χ2v) is 7.29. The summed E-state index contributed by atoms with van der Waals surface area (Å²) in [5, 5.41) is 6.12. The van der Waals surface area contributed by atoms with Crippen LogP contribution in [0.3, 0.4) is 0 Å². The van der Waals surface area contributed by atoms with E-state index in [0.717, 1.165) is 48.8 Å². The highest BCUT2D eigenvalue weighted by molar-refractivity contribution is 7.99. The Balaban J connectivity index is 1.70. The van der Waals surface area contributed by atoms with Crippen LogP contribution < -0.4 is 10.6 Å². The van der Waals surface area contributed by atoms with Gasteiger partial charge in [0.15, 0.2) is 0 Å². The fourth-order valence-corrected chi connectivity index (χ4v) is 4.10. The summed E-state index contributed by atoms with van der Waals surface area (Å²) >= 11 is 1.66. The maximum Gasteiger partial charge on any atom is 0.253 e. The molecule has 1 fully saturated rings. The number of rotatable bonds is 3. The molecular weight excluding hydrogens is 310 g/mol. The van der Waals surface area contributed by atoms with Crippen LogP contribution in [0.2, 0.25) is 0 Å². The number of piperidine rings is 1. The number of nitrogens with zero attached hydrogens (tertiary/aromatic N) is 1. The van der Waals surface area contributed by atoms with Crippen molar-refractivity contribution in [3.8, 4) is 0 Å². The summed E-state index contributed by atoms with van der Waals surface area (Å²) in [6, 6.07) is 5.66. The lowest BCUT2D eigenvalue weighted by Gasteiger charge is -2.32. The summed E-state index contributed by atoms with van der Waals surface area (Å²) in [7, 11) is 1.97. The SMILES string of the molecule is CNCC1CCN(C(=O)c2ccc3c(c2)NC(=O)CCS3)CC1. The van der Waals surface area contributed by atoms with E-state index in [2.05, 4.69) is 10.6 Å². The lowest BCUT2D eigenvalue weighted by molar-refractivity contribution is -0.115. The zero-order valence-electron chi connectivity index (χ0n) is 13.4. The normalized spacial score (nSPS) is 19.0. The number of fused-ring (bicyclic) bond motifs is 1. The molecule has 0 bridgehead atoms. The number of thioether (sulfide) groups is 1. The molecule has 0 aliphatic carbocycles. The van der Waals surface area contributed by atoms with Crippen molar-refractivity contribution in [1.29, 1.82) is 0 Å². The Hall–Kier alpha value is -1.53. The van der Waals surface area contributed by atoms with Gasteiger partial charge in [-0.15, -0.1) is 11.8 Å². The molecule has 2 aliphatic rings. The molecule has 3 rings (SSSR count). The predicted octanol–water partition coefficient (Wildman–Crippen LogP) is 2.19. The second-order valence-electron chi connectivity index (χ2n) is 6.15. The van der Waals surface area contributed by atoms with Crippen molar-refractivity contribution >= 4 is 29.3 Å². The van der Waals surface area contributed by atoms with E-state index in [0.29, 0.717) is 17.9 Å². The number of amides is 2. The molecule has 0 unspecified atom stereocenters. The molecule has 0 aromatic heterocycles. The van der Waals surface area contributed by atoms with Crippen LogP contribution in [0.5, 0.6) is 0 Å². The standard InChI is InChI=1S/C17H23N3O2S/c1-18-11-12-4-7-20(8-5-12)17(22)13-2-3-15-14(10-13)19-16(21)6-9-23-15/h2-3,10,12,18H,4-9,11H2,1H3,(H,19,21). The van der Waals surface area contributed by atoms with Crippen LogP contribution in [0.25, 0.3) is 0 Å². The maximum absolute atomic E-state index is 12.7. The van der Waals surface area contributed by atoms with Gasteiger partial charge in [-0.25, -0.2) is 0 Å². The van der Waals surface area contributed by atoms with Crippen molar-refractivity contribution in [3.63, 3.8) is 0 Å². The molecule has 2 N–H and O–H groups in total. The number of hydrogen-bond acceptors (Lipinski definition) is 4. The molecule has 1 aromatic rings. The molecule has 23 heavy (non-hydrogen) atoms. The predicted molar refractivity (Wildman–Crippen MR) is 93.0 cm³/mol. The third-order valence-electron chi connectivity index (χ3n) is 4.48. The van der Waals surface area contributed by atoms with Crippen molar-refractivity contribution in [2.45, 2.75) is 24.2 Å². The Kier molecular flexibility index (Phi) is 5.23. The van der Waals surface area contributed by atoms with E-state index in [4.69, 9.17) is 0 Å². The Bertz CT molecular complexity index is 598. The van der Waals surface area contributed by atoms with E-state index >= 15 is 0 Å². The molecule has 0 radical (unpaired) electrons. The Morgan fingerprint density at radius 1 is 1.39 bits per heavy atom. The first-order valence-electron chi connectivity index (χ1n) is 8.18. The largest absolute Gasteiger partial charge is 0.339 e. The van der Waals surface area contributed by atoms with Crippen molar-refractivity contribution in [3.05, 3.63) is 23.8 Å². The fraction of sp³-hybridized carbons (Fsp3) is 0.529. The third kappa shape index (κ3) is 3.87. The van der Waals surface area contributed by atoms with Gasteiger partial charge in [-0.2, -0.15) is 0 Å². The Morgan fingerprint density at radius 2 is 2.17 bits per heavy atom. The summed E-state index contributed by atoms with van der Waals surface area (Å²) in [6.45, 7) is 2.64. The highest BCUT2D eigenvalue weighted by Gasteiger charge is 2.24. The van der Waals surface area contributed by atoms with Crippen molar-refractivity contribution < 1.29 is 9.59 Å². The lowest BCUT2D eigenvalue weighted by atomic mass is 9.96. The number of nitrogens with one attached hydrogen (secondary N) is 2. The smallest absolute Gasteiger partial charge is 0.253 e. The average molecular weight is 333 g/mol.